The van der Waals surface area contributed by atoms with E-state index in [-0.39, 0.29) is 0 Å². The van der Waals surface area contributed by atoms with Crippen LogP contribution in [0.1, 0.15) is 0 Å². The Labute approximate surface area is 346 Å². The maximum atomic E-state index is 15.6. The number of benzene rings is 8. The lowest BCUT2D eigenvalue weighted by Gasteiger charge is -2.24. The molecular formula is C50H34N2O2P2S2. The molecule has 278 valence electrons. The quantitative estimate of drug-likeness (QED) is 0.142. The summed E-state index contributed by atoms with van der Waals surface area (Å²) in [5, 5.41) is 6.37. The van der Waals surface area contributed by atoms with E-state index in [0.29, 0.717) is 0 Å². The minimum atomic E-state index is -3.26. The molecule has 58 heavy (non-hydrogen) atoms. The topological polar surface area (TPSA) is 59.9 Å². The van der Waals surface area contributed by atoms with Crippen molar-refractivity contribution in [2.24, 2.45) is 0 Å². The highest BCUT2D eigenvalue weighted by molar-refractivity contribution is 8.05. The molecule has 0 saturated heterocycles. The van der Waals surface area contributed by atoms with Crippen LogP contribution < -0.4 is 31.8 Å². The van der Waals surface area contributed by atoms with E-state index in [9.17, 15) is 0 Å². The van der Waals surface area contributed by atoms with E-state index in [1.165, 1.54) is 0 Å². The van der Waals surface area contributed by atoms with Gasteiger partial charge in [0.25, 0.3) is 0 Å². The van der Waals surface area contributed by atoms with Crippen LogP contribution in [0.15, 0.2) is 226 Å². The van der Waals surface area contributed by atoms with Crippen LogP contribution in [-0.4, -0.2) is 9.97 Å². The van der Waals surface area contributed by atoms with Gasteiger partial charge in [-0.1, -0.05) is 193 Å². The molecule has 8 heteroatoms. The third-order valence-electron chi connectivity index (χ3n) is 10.5. The van der Waals surface area contributed by atoms with Gasteiger partial charge in [-0.2, -0.15) is 0 Å². The molecule has 1 aliphatic rings. The molecule has 0 amide bonds. The number of nitrogens with zero attached hydrogens (tertiary/aromatic N) is 2. The van der Waals surface area contributed by atoms with Crippen LogP contribution in [0.2, 0.25) is 0 Å². The predicted molar refractivity (Wildman–Crippen MR) is 244 cm³/mol. The number of rotatable bonds is 8. The zero-order chi connectivity index (χ0) is 39.1. The van der Waals surface area contributed by atoms with E-state index >= 15 is 9.13 Å². The van der Waals surface area contributed by atoms with Gasteiger partial charge in [0.15, 0.2) is 14.3 Å². The lowest BCUT2D eigenvalue weighted by molar-refractivity contribution is 0.591. The average Bonchev–Trinajstić information content (AvgIpc) is 3.30. The van der Waals surface area contributed by atoms with Crippen molar-refractivity contribution in [3.05, 3.63) is 206 Å². The largest absolute Gasteiger partial charge is 0.309 e. The van der Waals surface area contributed by atoms with Crippen LogP contribution in [-0.2, 0) is 9.13 Å². The third kappa shape index (κ3) is 6.47. The van der Waals surface area contributed by atoms with Gasteiger partial charge in [0.2, 0.25) is 0 Å². The first kappa shape index (κ1) is 36.6. The molecule has 0 N–H and O–H groups in total. The molecule has 1 aromatic heterocycles. The van der Waals surface area contributed by atoms with Crippen LogP contribution in [0.25, 0.3) is 33.3 Å². The predicted octanol–water partition coefficient (Wildman–Crippen LogP) is 10.9. The van der Waals surface area contributed by atoms with Gasteiger partial charge in [0.05, 0.1) is 11.0 Å². The van der Waals surface area contributed by atoms with Gasteiger partial charge < -0.3 is 9.13 Å². The fourth-order valence-corrected chi connectivity index (χ4v) is 15.2. The molecule has 0 fully saturated rings. The van der Waals surface area contributed by atoms with Crippen LogP contribution in [0.5, 0.6) is 0 Å². The first-order chi connectivity index (χ1) is 28.5. The zero-order valence-electron chi connectivity index (χ0n) is 31.1. The fraction of sp³-hybridized carbons (Fsp3) is 0. The number of hydrogen-bond acceptors (Lipinski definition) is 6. The Bertz CT molecular complexity index is 2780. The molecule has 0 aliphatic carbocycles. The second kappa shape index (κ2) is 15.2. The summed E-state index contributed by atoms with van der Waals surface area (Å²) < 4.78 is 31.2. The van der Waals surface area contributed by atoms with E-state index in [1.807, 2.05) is 170 Å². The minimum absolute atomic E-state index is 0.752. The van der Waals surface area contributed by atoms with Gasteiger partial charge in [0, 0.05) is 41.6 Å². The summed E-state index contributed by atoms with van der Waals surface area (Å²) >= 11 is 3.24. The number of fused-ring (bicyclic) bond motifs is 3. The van der Waals surface area contributed by atoms with E-state index in [0.717, 1.165) is 85.0 Å². The Balaban J connectivity index is 1.18. The maximum absolute atomic E-state index is 15.6. The van der Waals surface area contributed by atoms with Crippen LogP contribution in [0.3, 0.4) is 0 Å². The molecular weight excluding hydrogens is 787 g/mol. The Hall–Kier alpha value is -5.74. The van der Waals surface area contributed by atoms with E-state index < -0.39 is 14.3 Å². The van der Waals surface area contributed by atoms with Gasteiger partial charge in [-0.15, -0.1) is 0 Å². The van der Waals surface area contributed by atoms with Crippen molar-refractivity contribution in [1.82, 2.24) is 9.97 Å². The Kier molecular flexibility index (Phi) is 9.60. The first-order valence-electron chi connectivity index (χ1n) is 18.9. The fourth-order valence-electron chi connectivity index (χ4n) is 7.69. The zero-order valence-corrected chi connectivity index (χ0v) is 34.5. The highest BCUT2D eigenvalue weighted by Crippen LogP contribution is 2.52. The molecule has 8 aromatic carbocycles. The van der Waals surface area contributed by atoms with Crippen LogP contribution in [0.4, 0.5) is 0 Å². The summed E-state index contributed by atoms with van der Waals surface area (Å²) in [6, 6.07) is 67.9. The van der Waals surface area contributed by atoms with Crippen molar-refractivity contribution in [3.63, 3.8) is 0 Å². The van der Waals surface area contributed by atoms with Gasteiger partial charge in [-0.05, 0) is 58.7 Å². The number of aromatic nitrogens is 2. The monoisotopic (exact) mass is 820 g/mol. The average molecular weight is 821 g/mol. The van der Waals surface area contributed by atoms with Crippen LogP contribution in [0, 0.1) is 0 Å². The van der Waals surface area contributed by atoms with E-state index in [2.05, 4.69) is 36.4 Å². The van der Waals surface area contributed by atoms with Gasteiger partial charge in [-0.3, -0.25) is 0 Å². The second-order valence-electron chi connectivity index (χ2n) is 14.0. The summed E-state index contributed by atoms with van der Waals surface area (Å²) in [5.74, 6) is 0. The normalized spacial score (nSPS) is 12.5. The lowest BCUT2D eigenvalue weighted by Crippen LogP contribution is -2.25. The molecule has 9 aromatic rings. The molecule has 10 rings (SSSR count). The summed E-state index contributed by atoms with van der Waals surface area (Å²) in [4.78, 5) is 12.2. The summed E-state index contributed by atoms with van der Waals surface area (Å²) in [7, 11) is -6.53. The highest BCUT2D eigenvalue weighted by Gasteiger charge is 2.32. The molecule has 0 unspecified atom stereocenters. The molecule has 1 aliphatic heterocycles. The van der Waals surface area contributed by atoms with Crippen LogP contribution >= 0.6 is 37.8 Å². The molecule has 0 atom stereocenters. The molecule has 0 radical (unpaired) electrons. The second-order valence-corrected chi connectivity index (χ2v) is 21.6. The van der Waals surface area contributed by atoms with Crippen molar-refractivity contribution in [3.8, 4) is 22.3 Å². The molecule has 2 heterocycles. The first-order valence-corrected chi connectivity index (χ1v) is 24.0. The SMILES string of the molecule is O=P(c1ccccc1)(c1ccccc1)c1cccc(-c2cc3c(cc2-c2cccc(P(=O)(c4ccccc4)c4ccccc4)c2)Sc2nc4ccccc4nc2S3)c1. The molecule has 4 nitrogen and oxygen atoms in total. The standard InChI is InChI=1S/C50H34N2O2P2S2/c53-55(37-19-5-1-6-20-37,38-21-7-2-8-22-38)41-27-15-17-35(31-41)43-33-47-48(58-50-49(57-47)51-45-29-13-14-30-46(45)52-50)34-44(43)36-18-16-28-42(32-36)56(54,39-23-9-3-10-24-39)40-25-11-4-12-26-40/h1-34H. The van der Waals surface area contributed by atoms with Crippen molar-refractivity contribution < 1.29 is 9.13 Å². The molecule has 0 spiro atoms. The van der Waals surface area contributed by atoms with E-state index in [1.54, 1.807) is 23.5 Å². The molecule has 0 bridgehead atoms. The summed E-state index contributed by atoms with van der Waals surface area (Å²) in [6.45, 7) is 0. The number of para-hydroxylation sites is 2. The Morgan fingerprint density at radius 2 is 0.638 bits per heavy atom. The van der Waals surface area contributed by atoms with Gasteiger partial charge in [0.1, 0.15) is 10.1 Å². The maximum Gasteiger partial charge on any atom is 0.171 e. The summed E-state index contributed by atoms with van der Waals surface area (Å²) in [5.41, 5.74) is 5.54. The van der Waals surface area contributed by atoms with Crippen molar-refractivity contribution in [2.45, 2.75) is 19.8 Å². The van der Waals surface area contributed by atoms with Crippen molar-refractivity contribution in [2.75, 3.05) is 0 Å². The number of hydrogen-bond donors (Lipinski definition) is 0. The van der Waals surface area contributed by atoms with E-state index in [4.69, 9.17) is 9.97 Å². The minimum Gasteiger partial charge on any atom is -0.309 e. The van der Waals surface area contributed by atoms with Gasteiger partial charge in [-0.25, -0.2) is 9.97 Å². The highest BCUT2D eigenvalue weighted by atomic mass is 32.2. The third-order valence-corrected chi connectivity index (χ3v) is 19.0. The summed E-state index contributed by atoms with van der Waals surface area (Å²) in [6.07, 6.45) is 0. The lowest BCUT2D eigenvalue weighted by atomic mass is 9.94. The van der Waals surface area contributed by atoms with Gasteiger partial charge >= 0.3 is 0 Å². The van der Waals surface area contributed by atoms with Crippen molar-refractivity contribution in [1.29, 1.82) is 0 Å². The Morgan fingerprint density at radius 1 is 0.328 bits per heavy atom. The molecule has 0 saturated carbocycles. The Morgan fingerprint density at radius 3 is 0.983 bits per heavy atom. The smallest absolute Gasteiger partial charge is 0.171 e. The van der Waals surface area contributed by atoms with Crippen molar-refractivity contribution >= 4 is 80.7 Å².